The van der Waals surface area contributed by atoms with E-state index in [1.807, 2.05) is 0 Å². The van der Waals surface area contributed by atoms with Gasteiger partial charge in [-0.15, -0.1) is 0 Å². The minimum atomic E-state index is -2.56. The number of halogens is 2. The van der Waals surface area contributed by atoms with E-state index >= 15 is 0 Å². The van der Waals surface area contributed by atoms with Crippen molar-refractivity contribution in [3.8, 4) is 17.3 Å². The highest BCUT2D eigenvalue weighted by Gasteiger charge is 2.52. The number of benzene rings is 2. The number of methoxy groups -OCH3 is 1. The molecule has 0 saturated heterocycles. The number of hydrogen-bond acceptors (Lipinski definition) is 8. The highest BCUT2D eigenvalue weighted by molar-refractivity contribution is 7.72. The average molecular weight is 587 g/mol. The van der Waals surface area contributed by atoms with Gasteiger partial charge in [-0.25, -0.2) is 13.4 Å². The molecule has 0 spiro atoms. The fourth-order valence-corrected chi connectivity index (χ4v) is 5.67. The lowest BCUT2D eigenvalue weighted by atomic mass is 9.94. The third-order valence-electron chi connectivity index (χ3n) is 6.74. The number of nitrogens with one attached hydrogen (secondary N) is 1. The van der Waals surface area contributed by atoms with E-state index in [9.17, 15) is 13.2 Å². The molecule has 1 atom stereocenters. The molecule has 1 N–H and O–H groups in total. The number of aromatic nitrogens is 3. The highest BCUT2D eigenvalue weighted by Crippen LogP contribution is 2.57. The summed E-state index contributed by atoms with van der Waals surface area (Å²) in [6.07, 6.45) is 3.18. The molecule has 39 heavy (non-hydrogen) atoms. The molecule has 2 aromatic heterocycles. The van der Waals surface area contributed by atoms with E-state index in [1.165, 1.54) is 7.11 Å². The van der Waals surface area contributed by atoms with Crippen molar-refractivity contribution >= 4 is 45.5 Å². The first-order valence-corrected chi connectivity index (χ1v) is 14.1. The number of ether oxygens (including phenoxy) is 1. The van der Waals surface area contributed by atoms with Crippen LogP contribution in [-0.2, 0) is 27.3 Å². The Bertz CT molecular complexity index is 1570. The highest BCUT2D eigenvalue weighted by atomic mass is 35.5. The summed E-state index contributed by atoms with van der Waals surface area (Å²) in [5, 5.41) is 7.23. The van der Waals surface area contributed by atoms with Crippen molar-refractivity contribution in [3.63, 3.8) is 0 Å². The quantitative estimate of drug-likeness (QED) is 0.250. The normalized spacial score (nSPS) is 14.7. The smallest absolute Gasteiger partial charge is 0.259 e. The fraction of sp³-hybridized carbons (Fsp3) is 0.259. The average Bonchev–Trinajstić information content (AvgIpc) is 3.54. The first-order valence-electron chi connectivity index (χ1n) is 12.1. The fourth-order valence-electron chi connectivity index (χ4n) is 4.40. The Kier molecular flexibility index (Phi) is 7.61. The molecule has 202 valence electrons. The molecule has 5 rings (SSSR count). The van der Waals surface area contributed by atoms with Gasteiger partial charge in [0, 0.05) is 33.6 Å². The van der Waals surface area contributed by atoms with Gasteiger partial charge in [-0.1, -0.05) is 52.6 Å². The number of hydrogen-bond donors (Lipinski definition) is 2. The van der Waals surface area contributed by atoms with E-state index in [0.29, 0.717) is 50.0 Å². The molecule has 4 aromatic rings. The van der Waals surface area contributed by atoms with Gasteiger partial charge in [-0.2, -0.15) is 4.98 Å². The van der Waals surface area contributed by atoms with Crippen LogP contribution in [0.25, 0.3) is 11.5 Å². The van der Waals surface area contributed by atoms with Gasteiger partial charge in [0.25, 0.3) is 5.89 Å². The lowest BCUT2D eigenvalue weighted by Crippen LogP contribution is -2.16. The van der Waals surface area contributed by atoms with E-state index in [4.69, 9.17) is 32.5 Å². The van der Waals surface area contributed by atoms with Crippen molar-refractivity contribution in [2.24, 2.45) is 0 Å². The number of thiol groups is 1. The van der Waals surface area contributed by atoms with Crippen LogP contribution in [0.3, 0.4) is 0 Å². The molecule has 9 nitrogen and oxygen atoms in total. The molecule has 1 aliphatic carbocycles. The number of nitrogens with zero attached hydrogens (tertiary/aromatic N) is 3. The van der Waals surface area contributed by atoms with E-state index in [2.05, 4.69) is 20.4 Å². The number of carbonyl (C=O) groups excluding carboxylic acids is 1. The monoisotopic (exact) mass is 586 g/mol. The molecule has 2 heterocycles. The zero-order valence-corrected chi connectivity index (χ0v) is 23.4. The molecule has 1 aliphatic rings. The third kappa shape index (κ3) is 5.63. The van der Waals surface area contributed by atoms with Gasteiger partial charge in [-0.05, 0) is 49.1 Å². The van der Waals surface area contributed by atoms with Crippen molar-refractivity contribution in [2.75, 3.05) is 12.4 Å². The molecular weight excluding hydrogens is 563 g/mol. The van der Waals surface area contributed by atoms with Crippen LogP contribution in [0.2, 0.25) is 10.0 Å². The number of anilines is 1. The number of amides is 1. The summed E-state index contributed by atoms with van der Waals surface area (Å²) < 4.78 is 33.0. The second-order valence-electron chi connectivity index (χ2n) is 9.34. The molecule has 1 amide bonds. The van der Waals surface area contributed by atoms with Gasteiger partial charge in [0.2, 0.25) is 11.8 Å². The number of pyridine rings is 1. The zero-order valence-electron chi connectivity index (χ0n) is 21.0. The summed E-state index contributed by atoms with van der Waals surface area (Å²) in [6.45, 7) is 1.62. The Hall–Kier alpha value is -3.47. The molecule has 2 aromatic carbocycles. The lowest BCUT2D eigenvalue weighted by Gasteiger charge is -2.17. The summed E-state index contributed by atoms with van der Waals surface area (Å²) in [4.78, 5) is 21.5. The van der Waals surface area contributed by atoms with Gasteiger partial charge >= 0.3 is 0 Å². The van der Waals surface area contributed by atoms with Crippen LogP contribution in [0.1, 0.15) is 47.5 Å². The van der Waals surface area contributed by atoms with E-state index < -0.39 is 21.4 Å². The minimum absolute atomic E-state index is 0.102. The molecule has 1 fully saturated rings. The predicted molar refractivity (Wildman–Crippen MR) is 148 cm³/mol. The number of rotatable bonds is 9. The van der Waals surface area contributed by atoms with Crippen LogP contribution in [-0.4, -0.2) is 36.6 Å². The SMILES string of the molecule is COc1ccc(-c2nc(C3(c4c(Cl)cc(NC(=O)Cc5ccc(C(C)[SH](=O)=O)cc5)cc4Cl)CC3)no2)cn1. The van der Waals surface area contributed by atoms with Crippen LogP contribution in [0.5, 0.6) is 5.88 Å². The Labute approximate surface area is 236 Å². The largest absolute Gasteiger partial charge is 0.481 e. The Morgan fingerprint density at radius 2 is 1.82 bits per heavy atom. The van der Waals surface area contributed by atoms with E-state index in [-0.39, 0.29) is 12.3 Å². The second-order valence-corrected chi connectivity index (χ2v) is 11.5. The van der Waals surface area contributed by atoms with Crippen molar-refractivity contribution < 1.29 is 22.5 Å². The van der Waals surface area contributed by atoms with Crippen molar-refractivity contribution in [1.29, 1.82) is 0 Å². The summed E-state index contributed by atoms with van der Waals surface area (Å²) in [6, 6.07) is 13.7. The maximum atomic E-state index is 12.7. The van der Waals surface area contributed by atoms with Crippen molar-refractivity contribution in [3.05, 3.63) is 87.3 Å². The maximum absolute atomic E-state index is 12.7. The summed E-state index contributed by atoms with van der Waals surface area (Å²) >= 11 is 13.4. The lowest BCUT2D eigenvalue weighted by molar-refractivity contribution is -0.115. The predicted octanol–water partition coefficient (Wildman–Crippen LogP) is 5.38. The third-order valence-corrected chi connectivity index (χ3v) is 8.27. The molecule has 1 saturated carbocycles. The molecular formula is C27H24Cl2N4O5S. The summed E-state index contributed by atoms with van der Waals surface area (Å²) in [5.41, 5.74) is 2.65. The second kappa shape index (κ2) is 11.0. The minimum Gasteiger partial charge on any atom is -0.481 e. The zero-order chi connectivity index (χ0) is 27.7. The van der Waals surface area contributed by atoms with E-state index in [0.717, 1.165) is 18.4 Å². The first kappa shape index (κ1) is 27.1. The van der Waals surface area contributed by atoms with Crippen LogP contribution < -0.4 is 10.1 Å². The molecule has 0 bridgehead atoms. The van der Waals surface area contributed by atoms with Crippen LogP contribution in [0, 0.1) is 0 Å². The van der Waals surface area contributed by atoms with Crippen molar-refractivity contribution in [1.82, 2.24) is 15.1 Å². The van der Waals surface area contributed by atoms with Crippen LogP contribution in [0.15, 0.2) is 59.3 Å². The maximum Gasteiger partial charge on any atom is 0.259 e. The van der Waals surface area contributed by atoms with Gasteiger partial charge in [-0.3, -0.25) is 4.79 Å². The van der Waals surface area contributed by atoms with E-state index in [1.54, 1.807) is 61.7 Å². The van der Waals surface area contributed by atoms with Gasteiger partial charge in [0.05, 0.1) is 29.8 Å². The summed E-state index contributed by atoms with van der Waals surface area (Å²) in [5.74, 6) is 1.02. The van der Waals surface area contributed by atoms with Crippen molar-refractivity contribution in [2.45, 2.75) is 36.9 Å². The Morgan fingerprint density at radius 3 is 2.38 bits per heavy atom. The van der Waals surface area contributed by atoms with Crippen LogP contribution >= 0.6 is 23.2 Å². The standard InChI is InChI=1S/C27H24Cl2N4O5S/c1-15(39(35)36)17-5-3-16(4-6-17)11-22(34)31-19-12-20(28)24(21(29)13-19)27(9-10-27)26-32-25(38-33-26)18-7-8-23(37-2)30-14-18/h3-8,12-15,39H,9-11H2,1-2H3,(H,31,34). The molecule has 0 aliphatic heterocycles. The van der Waals surface area contributed by atoms with Gasteiger partial charge < -0.3 is 14.6 Å². The van der Waals surface area contributed by atoms with Gasteiger partial charge in [0.15, 0.2) is 5.82 Å². The first-order chi connectivity index (χ1) is 18.7. The number of carbonyl (C=O) groups is 1. The molecule has 1 unspecified atom stereocenters. The molecule has 0 radical (unpaired) electrons. The topological polar surface area (TPSA) is 124 Å². The Morgan fingerprint density at radius 1 is 1.13 bits per heavy atom. The van der Waals surface area contributed by atoms with Gasteiger partial charge in [0.1, 0.15) is 10.7 Å². The summed E-state index contributed by atoms with van der Waals surface area (Å²) in [7, 11) is -1.02. The Balaban J connectivity index is 1.31. The van der Waals surface area contributed by atoms with Crippen LogP contribution in [0.4, 0.5) is 5.69 Å². The molecule has 12 heteroatoms.